The summed E-state index contributed by atoms with van der Waals surface area (Å²) in [5.74, 6) is -0.916. The Morgan fingerprint density at radius 3 is 1.59 bits per heavy atom. The average Bonchev–Trinajstić information content (AvgIpc) is 2.98. The predicted molar refractivity (Wildman–Crippen MR) is 179 cm³/mol. The maximum absolute atomic E-state index is 12.3. The summed E-state index contributed by atoms with van der Waals surface area (Å²) in [6, 6.07) is 0. The fraction of sp³-hybridized carbons (Fsp3) is 0.771. The molecule has 0 aromatic carbocycles. The van der Waals surface area contributed by atoms with E-state index in [2.05, 4.69) is 54.8 Å². The molecule has 0 aromatic rings. The van der Waals surface area contributed by atoms with Crippen LogP contribution in [0.5, 0.6) is 0 Å². The summed E-state index contributed by atoms with van der Waals surface area (Å²) in [5, 5.41) is 0. The van der Waals surface area contributed by atoms with Gasteiger partial charge < -0.3 is 19.3 Å². The van der Waals surface area contributed by atoms with E-state index in [0.29, 0.717) is 12.8 Å². The van der Waals surface area contributed by atoms with Gasteiger partial charge in [-0.2, -0.15) is 0 Å². The standard InChI is InChI=1S/C35H63O8P/c1-3-5-7-9-11-13-15-16-17-18-20-22-24-26-28-30-35(37)43-33(32-42-44(38,39)40)31-41-34(36)29-27-25-23-21-19-14-12-10-8-6-4-2/h10-13,16-17,33H,3-9,14-15,18-32H2,1-2H3,(H2,38,39,40)/b12-10-,13-11-,17-16-/t33-/m1/s1. The molecule has 0 spiro atoms. The molecule has 0 radical (unpaired) electrons. The van der Waals surface area contributed by atoms with Crippen molar-refractivity contribution in [1.29, 1.82) is 0 Å². The molecule has 256 valence electrons. The van der Waals surface area contributed by atoms with E-state index in [1.807, 2.05) is 0 Å². The summed E-state index contributed by atoms with van der Waals surface area (Å²) in [6.07, 6.45) is 34.4. The highest BCUT2D eigenvalue weighted by atomic mass is 31.2. The lowest BCUT2D eigenvalue weighted by Gasteiger charge is -2.18. The number of carbonyl (C=O) groups excluding carboxylic acids is 2. The van der Waals surface area contributed by atoms with Crippen LogP contribution in [0.1, 0.15) is 155 Å². The van der Waals surface area contributed by atoms with Crippen LogP contribution in [0.2, 0.25) is 0 Å². The molecular formula is C35H63O8P. The molecule has 0 bridgehead atoms. The van der Waals surface area contributed by atoms with E-state index in [0.717, 1.165) is 77.0 Å². The SMILES string of the molecule is CCCC/C=C\CCCCCCCC(=O)OC[C@H](COP(=O)(O)O)OC(=O)CCCCCCC/C=C\C/C=C\CCCCC. The molecule has 0 saturated carbocycles. The summed E-state index contributed by atoms with van der Waals surface area (Å²) in [6.45, 7) is 3.57. The topological polar surface area (TPSA) is 119 Å². The summed E-state index contributed by atoms with van der Waals surface area (Å²) in [4.78, 5) is 42.5. The van der Waals surface area contributed by atoms with Crippen LogP contribution in [0, 0.1) is 0 Å². The second-order valence-corrected chi connectivity index (χ2v) is 12.7. The lowest BCUT2D eigenvalue weighted by atomic mass is 10.1. The van der Waals surface area contributed by atoms with Crippen molar-refractivity contribution in [1.82, 2.24) is 0 Å². The van der Waals surface area contributed by atoms with Gasteiger partial charge in [-0.05, 0) is 64.2 Å². The van der Waals surface area contributed by atoms with Crippen LogP contribution in [0.25, 0.3) is 0 Å². The Kier molecular flexibility index (Phi) is 30.0. The Bertz CT molecular complexity index is 818. The first kappa shape index (κ1) is 42.3. The first-order valence-electron chi connectivity index (χ1n) is 17.3. The minimum absolute atomic E-state index is 0.194. The maximum Gasteiger partial charge on any atom is 0.469 e. The fourth-order valence-corrected chi connectivity index (χ4v) is 4.86. The van der Waals surface area contributed by atoms with Crippen molar-refractivity contribution in [3.63, 3.8) is 0 Å². The van der Waals surface area contributed by atoms with E-state index >= 15 is 0 Å². The summed E-state index contributed by atoms with van der Waals surface area (Å²) in [7, 11) is -4.75. The molecule has 0 aliphatic carbocycles. The van der Waals surface area contributed by atoms with Crippen LogP contribution < -0.4 is 0 Å². The first-order chi connectivity index (χ1) is 21.3. The van der Waals surface area contributed by atoms with Crippen molar-refractivity contribution >= 4 is 19.8 Å². The van der Waals surface area contributed by atoms with Gasteiger partial charge in [0.1, 0.15) is 6.61 Å². The number of esters is 2. The molecule has 0 heterocycles. The molecule has 0 amide bonds. The Hall–Kier alpha value is -1.73. The zero-order valence-corrected chi connectivity index (χ0v) is 28.7. The molecule has 44 heavy (non-hydrogen) atoms. The molecule has 0 saturated heterocycles. The Labute approximate surface area is 268 Å². The van der Waals surface area contributed by atoms with Crippen LogP contribution in [0.3, 0.4) is 0 Å². The number of phosphoric ester groups is 1. The van der Waals surface area contributed by atoms with E-state index in [1.54, 1.807) is 0 Å². The van der Waals surface area contributed by atoms with Gasteiger partial charge in [-0.15, -0.1) is 0 Å². The van der Waals surface area contributed by atoms with Gasteiger partial charge in [-0.1, -0.05) is 115 Å². The molecule has 0 rings (SSSR count). The van der Waals surface area contributed by atoms with E-state index in [1.165, 1.54) is 38.5 Å². The number of allylic oxidation sites excluding steroid dienone is 6. The van der Waals surface area contributed by atoms with Crippen molar-refractivity contribution in [2.24, 2.45) is 0 Å². The van der Waals surface area contributed by atoms with E-state index in [4.69, 9.17) is 19.3 Å². The number of phosphoric acid groups is 1. The van der Waals surface area contributed by atoms with Gasteiger partial charge in [0.2, 0.25) is 0 Å². The van der Waals surface area contributed by atoms with Crippen molar-refractivity contribution in [3.05, 3.63) is 36.5 Å². The van der Waals surface area contributed by atoms with Crippen molar-refractivity contribution < 1.29 is 37.9 Å². The van der Waals surface area contributed by atoms with Gasteiger partial charge in [0.15, 0.2) is 6.10 Å². The monoisotopic (exact) mass is 642 g/mol. The zero-order chi connectivity index (χ0) is 32.6. The molecule has 0 aliphatic heterocycles. The largest absolute Gasteiger partial charge is 0.469 e. The predicted octanol–water partition coefficient (Wildman–Crippen LogP) is 9.84. The molecule has 0 aliphatic rings. The zero-order valence-electron chi connectivity index (χ0n) is 27.8. The highest BCUT2D eigenvalue weighted by Gasteiger charge is 2.22. The molecule has 0 aromatic heterocycles. The highest BCUT2D eigenvalue weighted by Crippen LogP contribution is 2.35. The van der Waals surface area contributed by atoms with Crippen molar-refractivity contribution in [2.75, 3.05) is 13.2 Å². The van der Waals surface area contributed by atoms with E-state index in [-0.39, 0.29) is 19.4 Å². The third-order valence-electron chi connectivity index (χ3n) is 7.13. The average molecular weight is 643 g/mol. The first-order valence-corrected chi connectivity index (χ1v) is 18.8. The molecule has 0 fully saturated rings. The van der Waals surface area contributed by atoms with Crippen LogP contribution in [-0.4, -0.2) is 41.0 Å². The van der Waals surface area contributed by atoms with Gasteiger partial charge in [0.25, 0.3) is 0 Å². The lowest BCUT2D eigenvalue weighted by Crippen LogP contribution is -2.29. The minimum Gasteiger partial charge on any atom is -0.462 e. The number of rotatable bonds is 31. The highest BCUT2D eigenvalue weighted by molar-refractivity contribution is 7.46. The number of ether oxygens (including phenoxy) is 2. The third kappa shape index (κ3) is 33.2. The quantitative estimate of drug-likeness (QED) is 0.0332. The number of hydrogen-bond acceptors (Lipinski definition) is 6. The number of hydrogen-bond donors (Lipinski definition) is 2. The fourth-order valence-electron chi connectivity index (χ4n) is 4.50. The van der Waals surface area contributed by atoms with Crippen LogP contribution in [0.15, 0.2) is 36.5 Å². The second kappa shape index (κ2) is 31.3. The number of carbonyl (C=O) groups is 2. The molecule has 9 heteroatoms. The van der Waals surface area contributed by atoms with Gasteiger partial charge in [-0.25, -0.2) is 4.57 Å². The summed E-state index contributed by atoms with van der Waals surface area (Å²) in [5.41, 5.74) is 0. The van der Waals surface area contributed by atoms with Gasteiger partial charge in [0.05, 0.1) is 6.61 Å². The van der Waals surface area contributed by atoms with Crippen LogP contribution >= 0.6 is 7.82 Å². The van der Waals surface area contributed by atoms with E-state index < -0.39 is 32.5 Å². The minimum atomic E-state index is -4.75. The smallest absolute Gasteiger partial charge is 0.462 e. The van der Waals surface area contributed by atoms with Crippen molar-refractivity contribution in [2.45, 2.75) is 161 Å². The maximum atomic E-state index is 12.3. The van der Waals surface area contributed by atoms with Gasteiger partial charge in [0, 0.05) is 12.8 Å². The number of unbranched alkanes of at least 4 members (excludes halogenated alkanes) is 15. The third-order valence-corrected chi connectivity index (χ3v) is 7.62. The molecule has 8 nitrogen and oxygen atoms in total. The summed E-state index contributed by atoms with van der Waals surface area (Å²) >= 11 is 0. The van der Waals surface area contributed by atoms with Crippen molar-refractivity contribution in [3.8, 4) is 0 Å². The Morgan fingerprint density at radius 2 is 1.05 bits per heavy atom. The van der Waals surface area contributed by atoms with Gasteiger partial charge >= 0.3 is 19.8 Å². The second-order valence-electron chi connectivity index (χ2n) is 11.5. The van der Waals surface area contributed by atoms with Crippen LogP contribution in [0.4, 0.5) is 0 Å². The van der Waals surface area contributed by atoms with Gasteiger partial charge in [-0.3, -0.25) is 14.1 Å². The molecule has 0 unspecified atom stereocenters. The summed E-state index contributed by atoms with van der Waals surface area (Å²) < 4.78 is 26.2. The molecule has 1 atom stereocenters. The Balaban J connectivity index is 4.05. The Morgan fingerprint density at radius 1 is 0.591 bits per heavy atom. The van der Waals surface area contributed by atoms with E-state index in [9.17, 15) is 14.2 Å². The molecule has 2 N–H and O–H groups in total. The normalized spacial score (nSPS) is 12.9. The van der Waals surface area contributed by atoms with Crippen LogP contribution in [-0.2, 0) is 28.2 Å². The lowest BCUT2D eigenvalue weighted by molar-refractivity contribution is -0.161. The molecular weight excluding hydrogens is 579 g/mol.